The minimum absolute atomic E-state index is 0.141. The van der Waals surface area contributed by atoms with Crippen molar-refractivity contribution >= 4 is 34.3 Å². The number of benzene rings is 2. The van der Waals surface area contributed by atoms with Crippen LogP contribution in [0.3, 0.4) is 0 Å². The summed E-state index contributed by atoms with van der Waals surface area (Å²) >= 11 is 0. The van der Waals surface area contributed by atoms with Crippen molar-refractivity contribution in [1.82, 2.24) is 0 Å². The van der Waals surface area contributed by atoms with Gasteiger partial charge in [-0.15, -0.1) is 0 Å². The zero-order valence-electron chi connectivity index (χ0n) is 13.3. The van der Waals surface area contributed by atoms with E-state index in [9.17, 15) is 14.9 Å². The van der Waals surface area contributed by atoms with Gasteiger partial charge < -0.3 is 14.5 Å². The molecule has 0 saturated heterocycles. The second kappa shape index (κ2) is 6.88. The lowest BCUT2D eigenvalue weighted by Gasteiger charge is -2.08. The number of nitro groups is 1. The fourth-order valence-corrected chi connectivity index (χ4v) is 2.32. The highest BCUT2D eigenvalue weighted by molar-refractivity contribution is 6.03. The Bertz CT molecular complexity index is 942. The van der Waals surface area contributed by atoms with Crippen molar-refractivity contribution in [1.29, 1.82) is 0 Å². The zero-order valence-corrected chi connectivity index (χ0v) is 13.3. The largest absolute Gasteiger partial charge is 0.495 e. The Labute approximate surface area is 142 Å². The van der Waals surface area contributed by atoms with E-state index in [-0.39, 0.29) is 11.4 Å². The molecule has 7 nitrogen and oxygen atoms in total. The van der Waals surface area contributed by atoms with E-state index in [0.29, 0.717) is 11.5 Å². The van der Waals surface area contributed by atoms with Crippen LogP contribution >= 0.6 is 0 Å². The zero-order chi connectivity index (χ0) is 17.8. The summed E-state index contributed by atoms with van der Waals surface area (Å²) in [6.07, 6.45) is 2.81. The van der Waals surface area contributed by atoms with Gasteiger partial charge >= 0.3 is 0 Å². The van der Waals surface area contributed by atoms with Crippen molar-refractivity contribution in [3.8, 4) is 5.75 Å². The van der Waals surface area contributed by atoms with Crippen LogP contribution in [0.15, 0.2) is 59.0 Å². The number of para-hydroxylation sites is 1. The molecule has 0 fully saturated rings. The molecular formula is C18H14N2O5. The Morgan fingerprint density at radius 1 is 1.24 bits per heavy atom. The topological polar surface area (TPSA) is 94.6 Å². The maximum absolute atomic E-state index is 12.1. The number of hydrogen-bond donors (Lipinski definition) is 1. The first-order valence-electron chi connectivity index (χ1n) is 7.37. The average Bonchev–Trinajstić information content (AvgIpc) is 3.03. The molecule has 1 aromatic heterocycles. The molecule has 0 bridgehead atoms. The first kappa shape index (κ1) is 16.3. The van der Waals surface area contributed by atoms with Gasteiger partial charge in [0.25, 0.3) is 5.69 Å². The molecule has 0 spiro atoms. The van der Waals surface area contributed by atoms with E-state index in [2.05, 4.69) is 5.32 Å². The minimum atomic E-state index is -0.542. The third-order valence-corrected chi connectivity index (χ3v) is 3.50. The van der Waals surface area contributed by atoms with E-state index in [1.807, 2.05) is 30.3 Å². The van der Waals surface area contributed by atoms with E-state index in [0.717, 1.165) is 11.0 Å². The molecule has 0 aliphatic heterocycles. The Balaban J connectivity index is 1.77. The lowest BCUT2D eigenvalue weighted by atomic mass is 10.2. The number of furan rings is 1. The third kappa shape index (κ3) is 3.66. The summed E-state index contributed by atoms with van der Waals surface area (Å²) < 4.78 is 10.7. The molecule has 3 rings (SSSR count). The molecule has 7 heteroatoms. The van der Waals surface area contributed by atoms with E-state index in [1.165, 1.54) is 37.5 Å². The van der Waals surface area contributed by atoms with Crippen LogP contribution in [0.4, 0.5) is 11.4 Å². The third-order valence-electron chi connectivity index (χ3n) is 3.50. The highest BCUT2D eigenvalue weighted by Gasteiger charge is 2.12. The van der Waals surface area contributed by atoms with Crippen LogP contribution in [0, 0.1) is 10.1 Å². The molecule has 0 aliphatic carbocycles. The second-order valence-electron chi connectivity index (χ2n) is 5.15. The lowest BCUT2D eigenvalue weighted by Crippen LogP contribution is -2.09. The summed E-state index contributed by atoms with van der Waals surface area (Å²) in [5.41, 5.74) is 0.802. The maximum Gasteiger partial charge on any atom is 0.271 e. The monoisotopic (exact) mass is 338 g/mol. The van der Waals surface area contributed by atoms with Crippen molar-refractivity contribution in [3.05, 3.63) is 70.5 Å². The van der Waals surface area contributed by atoms with Crippen LogP contribution < -0.4 is 10.1 Å². The van der Waals surface area contributed by atoms with Gasteiger partial charge in [0.2, 0.25) is 5.91 Å². The summed E-state index contributed by atoms with van der Waals surface area (Å²) in [6, 6.07) is 13.3. The number of methoxy groups -OCH3 is 1. The summed E-state index contributed by atoms with van der Waals surface area (Å²) in [6.45, 7) is 0. The number of nitrogens with one attached hydrogen (secondary N) is 1. The van der Waals surface area contributed by atoms with Crippen molar-refractivity contribution in [2.75, 3.05) is 12.4 Å². The Morgan fingerprint density at radius 3 is 2.76 bits per heavy atom. The van der Waals surface area contributed by atoms with Gasteiger partial charge in [0.15, 0.2) is 0 Å². The molecule has 3 aromatic rings. The van der Waals surface area contributed by atoms with E-state index < -0.39 is 10.8 Å². The molecular weight excluding hydrogens is 324 g/mol. The number of non-ortho nitro benzene ring substituents is 1. The molecule has 2 aromatic carbocycles. The molecule has 0 unspecified atom stereocenters. The standard InChI is InChI=1S/C18H14N2O5/c1-24-17-8-6-13(20(22)23)11-15(17)19-18(21)9-7-14-10-12-4-2-3-5-16(12)25-14/h2-11H,1H3,(H,19,21)/b9-7+. The molecule has 0 atom stereocenters. The number of hydrogen-bond acceptors (Lipinski definition) is 5. The maximum atomic E-state index is 12.1. The number of carbonyl (C=O) groups is 1. The number of anilines is 1. The average molecular weight is 338 g/mol. The molecule has 0 saturated carbocycles. The lowest BCUT2D eigenvalue weighted by molar-refractivity contribution is -0.384. The van der Waals surface area contributed by atoms with Gasteiger partial charge in [0.05, 0.1) is 17.7 Å². The number of ether oxygens (including phenoxy) is 1. The summed E-state index contributed by atoms with van der Waals surface area (Å²) in [4.78, 5) is 22.4. The van der Waals surface area contributed by atoms with E-state index in [4.69, 9.17) is 9.15 Å². The van der Waals surface area contributed by atoms with Crippen LogP contribution in [-0.4, -0.2) is 17.9 Å². The Hall–Kier alpha value is -3.61. The minimum Gasteiger partial charge on any atom is -0.495 e. The second-order valence-corrected chi connectivity index (χ2v) is 5.15. The molecule has 25 heavy (non-hydrogen) atoms. The van der Waals surface area contributed by atoms with Crippen molar-refractivity contribution in [2.45, 2.75) is 0 Å². The number of nitrogens with zero attached hydrogens (tertiary/aromatic N) is 1. The molecule has 1 amide bonds. The fraction of sp³-hybridized carbons (Fsp3) is 0.0556. The number of amides is 1. The molecule has 0 aliphatic rings. The van der Waals surface area contributed by atoms with E-state index >= 15 is 0 Å². The summed E-state index contributed by atoms with van der Waals surface area (Å²) in [7, 11) is 1.42. The van der Waals surface area contributed by atoms with Crippen molar-refractivity contribution in [3.63, 3.8) is 0 Å². The van der Waals surface area contributed by atoms with E-state index in [1.54, 1.807) is 0 Å². The fourth-order valence-electron chi connectivity index (χ4n) is 2.32. The Morgan fingerprint density at radius 2 is 2.04 bits per heavy atom. The summed E-state index contributed by atoms with van der Waals surface area (Å²) in [5.74, 6) is 0.401. The quantitative estimate of drug-likeness (QED) is 0.431. The van der Waals surface area contributed by atoms with Crippen LogP contribution in [0.25, 0.3) is 17.0 Å². The van der Waals surface area contributed by atoms with Gasteiger partial charge in [0.1, 0.15) is 17.1 Å². The van der Waals surface area contributed by atoms with Crippen LogP contribution in [0.2, 0.25) is 0 Å². The van der Waals surface area contributed by atoms with Gasteiger partial charge in [0, 0.05) is 23.6 Å². The van der Waals surface area contributed by atoms with Gasteiger partial charge in [-0.3, -0.25) is 14.9 Å². The number of fused-ring (bicyclic) bond motifs is 1. The molecule has 1 heterocycles. The molecule has 1 N–H and O–H groups in total. The van der Waals surface area contributed by atoms with Crippen molar-refractivity contribution in [2.24, 2.45) is 0 Å². The normalized spacial score (nSPS) is 10.9. The predicted molar refractivity (Wildman–Crippen MR) is 93.5 cm³/mol. The molecule has 0 radical (unpaired) electrons. The smallest absolute Gasteiger partial charge is 0.271 e. The van der Waals surface area contributed by atoms with Gasteiger partial charge in [-0.1, -0.05) is 18.2 Å². The number of nitro benzene ring substituents is 1. The van der Waals surface area contributed by atoms with Crippen molar-refractivity contribution < 1.29 is 18.9 Å². The van der Waals surface area contributed by atoms with Crippen LogP contribution in [0.1, 0.15) is 5.76 Å². The highest BCUT2D eigenvalue weighted by atomic mass is 16.6. The van der Waals surface area contributed by atoms with Crippen LogP contribution in [-0.2, 0) is 4.79 Å². The van der Waals surface area contributed by atoms with Gasteiger partial charge in [-0.05, 0) is 24.3 Å². The molecule has 126 valence electrons. The first-order valence-corrected chi connectivity index (χ1v) is 7.37. The Kier molecular flexibility index (Phi) is 4.47. The SMILES string of the molecule is COc1ccc([N+](=O)[O-])cc1NC(=O)/C=C/c1cc2ccccc2o1. The first-order chi connectivity index (χ1) is 12.1. The van der Waals surface area contributed by atoms with Gasteiger partial charge in [-0.25, -0.2) is 0 Å². The van der Waals surface area contributed by atoms with Crippen LogP contribution in [0.5, 0.6) is 5.75 Å². The number of rotatable bonds is 5. The highest BCUT2D eigenvalue weighted by Crippen LogP contribution is 2.29. The summed E-state index contributed by atoms with van der Waals surface area (Å²) in [5, 5.41) is 14.4. The predicted octanol–water partition coefficient (Wildman–Crippen LogP) is 4.00. The van der Waals surface area contributed by atoms with Gasteiger partial charge in [-0.2, -0.15) is 0 Å². The number of carbonyl (C=O) groups excluding carboxylic acids is 1.